The Morgan fingerprint density at radius 1 is 0.340 bits per heavy atom. The van der Waals surface area contributed by atoms with Gasteiger partial charge in [-0.3, -0.25) is 34.4 Å². The van der Waals surface area contributed by atoms with E-state index in [0.717, 1.165) is 47.9 Å². The number of carboxylic acids is 3. The van der Waals surface area contributed by atoms with Gasteiger partial charge in [-0.25, -0.2) is 88.6 Å². The molecule has 7 amide bonds. The molecule has 7 fully saturated rings. The first kappa shape index (κ1) is 91.9. The molecular weight excluding hydrogens is 1830 g/mol. The molecule has 44 nitrogen and oxygen atoms in total. The fourth-order valence-corrected chi connectivity index (χ4v) is 17.4. The lowest BCUT2D eigenvalue weighted by molar-refractivity contribution is -0.152. The minimum atomic E-state index is -1.18. The van der Waals surface area contributed by atoms with Crippen LogP contribution in [-0.2, 0) is 47.4 Å². The van der Waals surface area contributed by atoms with E-state index in [-0.39, 0.29) is 89.6 Å². The number of rotatable bonds is 26. The van der Waals surface area contributed by atoms with Crippen LogP contribution < -0.4 is 51.4 Å². The number of para-hydroxylation sites is 2. The quantitative estimate of drug-likeness (QED) is 0.0241. The number of carboxylic acid groups (broad SMARTS) is 3. The van der Waals surface area contributed by atoms with E-state index < -0.39 is 122 Å². The summed E-state index contributed by atoms with van der Waals surface area (Å²) in [6.07, 6.45) is 6.56. The first-order chi connectivity index (χ1) is 68.9. The second-order valence-electron chi connectivity index (χ2n) is 33.0. The van der Waals surface area contributed by atoms with E-state index >= 15 is 0 Å². The highest BCUT2D eigenvalue weighted by Gasteiger charge is 2.58. The van der Waals surface area contributed by atoms with Crippen LogP contribution in [-0.4, -0.2) is 212 Å². The number of nitrogens with one attached hydrogen (secondary N) is 7. The third-order valence-electron chi connectivity index (χ3n) is 23.9. The van der Waals surface area contributed by atoms with Crippen molar-refractivity contribution < 1.29 is 106 Å². The molecular formula is C97H86N22O22. The van der Waals surface area contributed by atoms with Crippen LogP contribution >= 0.6 is 0 Å². The second kappa shape index (κ2) is 41.2. The van der Waals surface area contributed by atoms with Gasteiger partial charge in [0.25, 0.3) is 0 Å². The maximum atomic E-state index is 12.8. The third-order valence-corrected chi connectivity index (χ3v) is 23.9. The van der Waals surface area contributed by atoms with Crippen molar-refractivity contribution in [2.45, 2.75) is 131 Å². The average molecular weight is 1910 g/mol. The summed E-state index contributed by atoms with van der Waals surface area (Å²) in [6.45, 7) is 1.19. The number of amides is 7. The lowest BCUT2D eigenvalue weighted by Crippen LogP contribution is -2.36. The zero-order valence-electron chi connectivity index (χ0n) is 74.3. The fraction of sp³-hybridized carbons (Fsp3) is 0.247. The number of benzene rings is 6. The van der Waals surface area contributed by atoms with E-state index in [1.165, 1.54) is 93.5 Å². The standard InChI is InChI=1S/C36H29N7O7.C31H32N8O8.C30H25N7O7/c44-34(45)25-15-8-16-37-32(25)47-18-26-28-29(50-35(49-28)23-12-7-11-22(17-23)21-9-3-1-4-10-21)33(48-26)43-20-40-27-30(38-19-39-31(27)43)42-36(46)41-24-13-5-2-6-14-24;1-16(40)36-19-10-8-17(9-11-19)30-46-23-21(13-44-27-20(29(41)42)7-4-12-32-27)45-28(24(23)47-30)39-15-35-22-25(33-14-34-26(22)39)38-31(43)37-18-5-2-3-6-18;38-28(39)19-12-7-13-31-26(19)41-14-20-22-23(44-29(43-22)17-8-3-1-4-9-17)27(42-20)37-16-34-21-24(32-15-33-25(21)37)36-30(40)35-18-10-5-2-6-11-18/h1-17,19-20,26,28-29,33,35H,18H2,(H,44,45)(H2,38,39,41,42,46);4,7-12,14-15,18,21,23-24,28,30H,2-3,5-6,13H2,1H3,(H,36,40)(H,41,42)(H2,33,34,37,38,43);1-13,15-16,20,22-23,27,29H,14H2,(H,38,39)(H2,32,33,35,36,40). The molecule has 6 aliphatic heterocycles. The van der Waals surface area contributed by atoms with Crippen LogP contribution in [0.1, 0.15) is 118 Å². The van der Waals surface area contributed by atoms with Crippen LogP contribution in [0.3, 0.4) is 0 Å². The average Bonchev–Trinajstić information content (AvgIpc) is 1.60. The summed E-state index contributed by atoms with van der Waals surface area (Å²) in [7, 11) is 0. The molecule has 7 aliphatic rings. The van der Waals surface area contributed by atoms with Crippen molar-refractivity contribution in [1.82, 2.24) is 78.8 Å². The molecule has 10 N–H and O–H groups in total. The van der Waals surface area contributed by atoms with Crippen molar-refractivity contribution in [2.75, 3.05) is 51.7 Å². The zero-order chi connectivity index (χ0) is 96.6. The van der Waals surface area contributed by atoms with Gasteiger partial charge in [-0.15, -0.1) is 0 Å². The molecule has 0 bridgehead atoms. The van der Waals surface area contributed by atoms with Crippen LogP contribution in [0.2, 0.25) is 0 Å². The lowest BCUT2D eigenvalue weighted by atomic mass is 10.0. The van der Waals surface area contributed by atoms with E-state index in [4.69, 9.17) is 56.8 Å². The van der Waals surface area contributed by atoms with Gasteiger partial charge in [-0.05, 0) is 103 Å². The highest BCUT2D eigenvalue weighted by atomic mass is 16.8. The zero-order valence-corrected chi connectivity index (χ0v) is 74.3. The number of ether oxygens (including phenoxy) is 12. The van der Waals surface area contributed by atoms with Crippen LogP contribution in [0.15, 0.2) is 263 Å². The fourth-order valence-electron chi connectivity index (χ4n) is 17.4. The highest BCUT2D eigenvalue weighted by Crippen LogP contribution is 2.50. The SMILES string of the molecule is CC(=O)Nc1ccc(C2OC3C(COc4ncccc4C(=O)O)OC(n4cnc5c(NC(=O)NC6CCCC6)ncnc54)C3O2)cc1.O=C(Nc1ccccc1)Nc1ncnc2c1ncn2C1OC(COc2ncccc2C(=O)O)C2OC(c3cccc(-c4ccccc4)c3)OC21.O=C(Nc1ccccc1)Nc1ncnc2c1ncn2C1OC(COc2ncccc2C(=O)O)C2OC(c3ccccc3)OC21. The summed E-state index contributed by atoms with van der Waals surface area (Å²) in [5, 5.41) is 48.3. The minimum Gasteiger partial charge on any atom is -0.477 e. The van der Waals surface area contributed by atoms with Gasteiger partial charge in [-0.1, -0.05) is 140 Å². The Bertz CT molecular complexity index is 7080. The van der Waals surface area contributed by atoms with E-state index in [0.29, 0.717) is 56.1 Å². The van der Waals surface area contributed by atoms with Gasteiger partial charge in [0.1, 0.15) is 110 Å². The Morgan fingerprint density at radius 2 is 0.688 bits per heavy atom. The number of carbonyl (C=O) groups is 7. The number of aromatic nitrogens is 15. The summed E-state index contributed by atoms with van der Waals surface area (Å²) in [5.74, 6) is -3.17. The Balaban J connectivity index is 0.000000130. The van der Waals surface area contributed by atoms with Crippen molar-refractivity contribution in [3.8, 4) is 28.8 Å². The number of nitrogens with zero attached hydrogens (tertiary/aromatic N) is 15. The van der Waals surface area contributed by atoms with Gasteiger partial charge < -0.3 is 93.4 Å². The number of anilines is 6. The second-order valence-corrected chi connectivity index (χ2v) is 33.0. The van der Waals surface area contributed by atoms with Crippen molar-refractivity contribution in [1.29, 1.82) is 0 Å². The summed E-state index contributed by atoms with van der Waals surface area (Å²) < 4.78 is 80.6. The van der Waals surface area contributed by atoms with Gasteiger partial charge >= 0.3 is 36.0 Å². The number of pyridine rings is 3. The van der Waals surface area contributed by atoms with Gasteiger partial charge in [0.15, 0.2) is 88.5 Å². The molecule has 0 spiro atoms. The Labute approximate surface area is 798 Å². The van der Waals surface area contributed by atoms with Gasteiger partial charge in [-0.2, -0.15) is 0 Å². The molecule has 44 heteroatoms. The maximum absolute atomic E-state index is 12.8. The molecule has 716 valence electrons. The number of imidazole rings is 3. The third kappa shape index (κ3) is 20.2. The first-order valence-electron chi connectivity index (χ1n) is 44.7. The van der Waals surface area contributed by atoms with Crippen molar-refractivity contribution in [3.63, 3.8) is 0 Å². The number of hydrogen-bond donors (Lipinski definition) is 10. The monoisotopic (exact) mass is 1910 g/mol. The number of fused-ring (bicyclic) bond motifs is 6. The number of hydrogen-bond acceptors (Lipinski definition) is 31. The summed E-state index contributed by atoms with van der Waals surface area (Å²) in [5.41, 5.74) is 8.23. The molecule has 141 heavy (non-hydrogen) atoms. The number of urea groups is 3. The van der Waals surface area contributed by atoms with Gasteiger partial charge in [0.2, 0.25) is 23.5 Å². The summed E-state index contributed by atoms with van der Waals surface area (Å²) in [6, 6.07) is 60.1. The Kier molecular flexibility index (Phi) is 26.9. The maximum Gasteiger partial charge on any atom is 0.341 e. The number of aromatic carboxylic acids is 3. The molecule has 6 saturated heterocycles. The Morgan fingerprint density at radius 3 is 1.09 bits per heavy atom. The summed E-state index contributed by atoms with van der Waals surface area (Å²) in [4.78, 5) is 137. The van der Waals surface area contributed by atoms with Crippen LogP contribution in [0.25, 0.3) is 44.6 Å². The minimum absolute atomic E-state index is 0.0348. The normalized spacial score (nSPS) is 22.4. The lowest BCUT2D eigenvalue weighted by Gasteiger charge is -2.22. The molecule has 0 radical (unpaired) electrons. The predicted molar refractivity (Wildman–Crippen MR) is 497 cm³/mol. The van der Waals surface area contributed by atoms with Gasteiger partial charge in [0.05, 0.1) is 19.0 Å². The molecule has 9 aromatic heterocycles. The van der Waals surface area contributed by atoms with E-state index in [2.05, 4.69) is 97.0 Å². The highest BCUT2D eigenvalue weighted by molar-refractivity contribution is 6.04. The molecule has 15 aromatic rings. The molecule has 1 saturated carbocycles. The van der Waals surface area contributed by atoms with Crippen molar-refractivity contribution >= 4 is 110 Å². The largest absolute Gasteiger partial charge is 0.477 e. The van der Waals surface area contributed by atoms with Crippen molar-refractivity contribution in [2.24, 2.45) is 0 Å². The molecule has 22 rings (SSSR count). The van der Waals surface area contributed by atoms with E-state index in [1.807, 2.05) is 121 Å². The van der Waals surface area contributed by atoms with Crippen molar-refractivity contribution in [3.05, 3.63) is 296 Å². The predicted octanol–water partition coefficient (Wildman–Crippen LogP) is 13.1. The van der Waals surface area contributed by atoms with E-state index in [9.17, 15) is 48.9 Å². The van der Waals surface area contributed by atoms with Crippen LogP contribution in [0.5, 0.6) is 17.6 Å². The molecule has 1 aliphatic carbocycles. The first-order valence-corrected chi connectivity index (χ1v) is 44.7. The van der Waals surface area contributed by atoms with Crippen LogP contribution in [0, 0.1) is 0 Å². The topological polar surface area (TPSA) is 545 Å². The van der Waals surface area contributed by atoms with E-state index in [1.54, 1.807) is 68.6 Å². The molecule has 15 heterocycles. The number of carbonyl (C=O) groups excluding carboxylic acids is 4. The Hall–Kier alpha value is -16.9. The molecule has 15 atom stereocenters. The smallest absolute Gasteiger partial charge is 0.341 e. The molecule has 15 unspecified atom stereocenters. The van der Waals surface area contributed by atoms with Gasteiger partial charge in [0, 0.05) is 65.3 Å². The molecule has 6 aromatic carbocycles. The van der Waals surface area contributed by atoms with Crippen LogP contribution in [0.4, 0.5) is 48.9 Å². The summed E-state index contributed by atoms with van der Waals surface area (Å²) >= 11 is 0.